The first-order chi connectivity index (χ1) is 13.5. The summed E-state index contributed by atoms with van der Waals surface area (Å²) in [4.78, 5) is 15.1. The second-order valence-electron chi connectivity index (χ2n) is 6.65. The fraction of sp³-hybridized carbons (Fsp3) is 0.318. The lowest BCUT2D eigenvalue weighted by Gasteiger charge is -2.24. The van der Waals surface area contributed by atoms with Gasteiger partial charge in [-0.2, -0.15) is 0 Å². The number of nitrogens with zero attached hydrogens (tertiary/aromatic N) is 4. The Morgan fingerprint density at radius 2 is 1.79 bits per heavy atom. The number of rotatable bonds is 7. The van der Waals surface area contributed by atoms with Crippen molar-refractivity contribution in [3.05, 3.63) is 65.7 Å². The van der Waals surface area contributed by atoms with E-state index in [9.17, 15) is 4.79 Å². The Labute approximate surface area is 170 Å². The van der Waals surface area contributed by atoms with Crippen LogP contribution in [0.2, 0.25) is 0 Å². The first-order valence-electron chi connectivity index (χ1n) is 9.52. The summed E-state index contributed by atoms with van der Waals surface area (Å²) in [6.07, 6.45) is 0. The van der Waals surface area contributed by atoms with Crippen LogP contribution in [0.15, 0.2) is 59.8 Å². The lowest BCUT2D eigenvalue weighted by molar-refractivity contribution is -0.130. The van der Waals surface area contributed by atoms with E-state index in [0.717, 1.165) is 22.1 Å². The Morgan fingerprint density at radius 1 is 1.07 bits per heavy atom. The van der Waals surface area contributed by atoms with Crippen molar-refractivity contribution >= 4 is 17.7 Å². The van der Waals surface area contributed by atoms with Crippen LogP contribution in [0.25, 0.3) is 11.4 Å². The van der Waals surface area contributed by atoms with Gasteiger partial charge < -0.3 is 9.47 Å². The van der Waals surface area contributed by atoms with Crippen LogP contribution in [-0.4, -0.2) is 38.7 Å². The lowest BCUT2D eigenvalue weighted by atomic mass is 10.1. The maximum atomic E-state index is 13.2. The number of hydrogen-bond acceptors (Lipinski definition) is 4. The molecule has 0 bridgehead atoms. The second-order valence-corrected chi connectivity index (χ2v) is 7.73. The summed E-state index contributed by atoms with van der Waals surface area (Å²) in [5.41, 5.74) is 3.17. The van der Waals surface area contributed by atoms with E-state index in [4.69, 9.17) is 0 Å². The molecule has 0 aliphatic rings. The zero-order chi connectivity index (χ0) is 20.1. The monoisotopic (exact) mass is 394 g/mol. The lowest BCUT2D eigenvalue weighted by Crippen LogP contribution is -2.34. The van der Waals surface area contributed by atoms with E-state index < -0.39 is 0 Å². The first-order valence-corrected chi connectivity index (χ1v) is 10.4. The Bertz CT molecular complexity index is 935. The van der Waals surface area contributed by atoms with Crippen LogP contribution in [0, 0.1) is 6.92 Å². The Morgan fingerprint density at radius 3 is 2.43 bits per heavy atom. The molecule has 0 saturated heterocycles. The molecule has 0 fully saturated rings. The maximum Gasteiger partial charge on any atom is 0.240 e. The zero-order valence-corrected chi connectivity index (χ0v) is 17.6. The van der Waals surface area contributed by atoms with Gasteiger partial charge in [0, 0.05) is 25.7 Å². The van der Waals surface area contributed by atoms with Gasteiger partial charge in [-0.1, -0.05) is 65.9 Å². The van der Waals surface area contributed by atoms with E-state index in [0.29, 0.717) is 13.1 Å². The Balaban J connectivity index is 1.94. The summed E-state index contributed by atoms with van der Waals surface area (Å²) < 4.78 is 1.96. The van der Waals surface area contributed by atoms with Gasteiger partial charge in [0.25, 0.3) is 0 Å². The first kappa shape index (κ1) is 20.1. The third kappa shape index (κ3) is 4.28. The van der Waals surface area contributed by atoms with Crippen LogP contribution < -0.4 is 0 Å². The second kappa shape index (κ2) is 9.06. The highest BCUT2D eigenvalue weighted by molar-refractivity contribution is 8.00. The van der Waals surface area contributed by atoms with E-state index in [1.807, 2.05) is 72.8 Å². The fourth-order valence-corrected chi connectivity index (χ4v) is 4.23. The highest BCUT2D eigenvalue weighted by Crippen LogP contribution is 2.36. The maximum absolute atomic E-state index is 13.2. The quantitative estimate of drug-likeness (QED) is 0.554. The predicted octanol–water partition coefficient (Wildman–Crippen LogP) is 4.49. The van der Waals surface area contributed by atoms with Gasteiger partial charge in [-0.15, -0.1) is 10.2 Å². The van der Waals surface area contributed by atoms with Gasteiger partial charge >= 0.3 is 0 Å². The molecule has 1 unspecified atom stereocenters. The van der Waals surface area contributed by atoms with Crippen molar-refractivity contribution in [3.8, 4) is 11.4 Å². The van der Waals surface area contributed by atoms with Crippen molar-refractivity contribution in [2.24, 2.45) is 7.05 Å². The number of amides is 1. The summed E-state index contributed by atoms with van der Waals surface area (Å²) in [6, 6.07) is 18.1. The molecule has 1 atom stereocenters. The fourth-order valence-electron chi connectivity index (χ4n) is 3.15. The molecule has 3 rings (SSSR count). The average molecular weight is 395 g/mol. The van der Waals surface area contributed by atoms with Gasteiger partial charge in [0.2, 0.25) is 5.91 Å². The minimum Gasteiger partial charge on any atom is -0.342 e. The molecule has 0 N–H and O–H groups in total. The van der Waals surface area contributed by atoms with Gasteiger partial charge in [-0.05, 0) is 32.4 Å². The standard InChI is InChI=1S/C22H26N4OS/c1-5-26(6-2)21(27)19(17-12-8-7-9-13-17)28-22-24-23-20(25(22)4)18-14-10-11-16(3)15-18/h7-15,19H,5-6H2,1-4H3. The number of carbonyl (C=O) groups excluding carboxylic acids is 1. The number of likely N-dealkylation sites (N-methyl/N-ethyl adjacent to an activating group) is 1. The van der Waals surface area contributed by atoms with Crippen molar-refractivity contribution in [1.82, 2.24) is 19.7 Å². The summed E-state index contributed by atoms with van der Waals surface area (Å²) in [5, 5.41) is 9.15. The molecule has 6 heteroatoms. The van der Waals surface area contributed by atoms with Gasteiger partial charge in [-0.3, -0.25) is 4.79 Å². The van der Waals surface area contributed by atoms with Gasteiger partial charge in [0.15, 0.2) is 11.0 Å². The normalized spacial score (nSPS) is 12.0. The summed E-state index contributed by atoms with van der Waals surface area (Å²) in [7, 11) is 1.95. The smallest absolute Gasteiger partial charge is 0.240 e. The van der Waals surface area contributed by atoms with Crippen LogP contribution >= 0.6 is 11.8 Å². The molecular formula is C22H26N4OS. The van der Waals surface area contributed by atoms with Gasteiger partial charge in [0.05, 0.1) is 0 Å². The molecule has 28 heavy (non-hydrogen) atoms. The topological polar surface area (TPSA) is 51.0 Å². The van der Waals surface area contributed by atoms with E-state index in [2.05, 4.69) is 29.3 Å². The minimum atomic E-state index is -0.352. The molecule has 1 aromatic heterocycles. The number of thioether (sulfide) groups is 1. The molecule has 1 amide bonds. The molecular weight excluding hydrogens is 368 g/mol. The van der Waals surface area contributed by atoms with Crippen molar-refractivity contribution in [3.63, 3.8) is 0 Å². The number of carbonyl (C=O) groups is 1. The summed E-state index contributed by atoms with van der Waals surface area (Å²) in [5.74, 6) is 0.898. The molecule has 3 aromatic rings. The van der Waals surface area contributed by atoms with Crippen molar-refractivity contribution in [2.75, 3.05) is 13.1 Å². The average Bonchev–Trinajstić information content (AvgIpc) is 3.08. The summed E-state index contributed by atoms with van der Waals surface area (Å²) in [6.45, 7) is 7.45. The van der Waals surface area contributed by atoms with Gasteiger partial charge in [0.1, 0.15) is 5.25 Å². The third-order valence-corrected chi connectivity index (χ3v) is 6.01. The summed E-state index contributed by atoms with van der Waals surface area (Å²) >= 11 is 1.45. The number of hydrogen-bond donors (Lipinski definition) is 0. The predicted molar refractivity (Wildman–Crippen MR) is 114 cm³/mol. The van der Waals surface area contributed by atoms with Crippen molar-refractivity contribution in [2.45, 2.75) is 31.2 Å². The SMILES string of the molecule is CCN(CC)C(=O)C(Sc1nnc(-c2cccc(C)c2)n1C)c1ccccc1. The Hall–Kier alpha value is -2.60. The highest BCUT2D eigenvalue weighted by Gasteiger charge is 2.28. The van der Waals surface area contributed by atoms with Crippen LogP contribution in [-0.2, 0) is 11.8 Å². The van der Waals surface area contributed by atoms with Crippen molar-refractivity contribution in [1.29, 1.82) is 0 Å². The van der Waals surface area contributed by atoms with Crippen LogP contribution in [0.4, 0.5) is 0 Å². The Kier molecular flexibility index (Phi) is 6.52. The molecule has 0 aliphatic heterocycles. The molecule has 0 radical (unpaired) electrons. The third-order valence-electron chi connectivity index (χ3n) is 4.74. The van der Waals surface area contributed by atoms with E-state index in [1.54, 1.807) is 0 Å². The van der Waals surface area contributed by atoms with E-state index in [1.165, 1.54) is 17.3 Å². The van der Waals surface area contributed by atoms with Crippen LogP contribution in [0.5, 0.6) is 0 Å². The molecule has 0 saturated carbocycles. The highest BCUT2D eigenvalue weighted by atomic mass is 32.2. The van der Waals surface area contributed by atoms with Crippen LogP contribution in [0.1, 0.15) is 30.2 Å². The number of aryl methyl sites for hydroxylation is 1. The molecule has 2 aromatic carbocycles. The molecule has 146 valence electrons. The van der Waals surface area contributed by atoms with E-state index in [-0.39, 0.29) is 11.2 Å². The molecule has 1 heterocycles. The molecule has 0 spiro atoms. The zero-order valence-electron chi connectivity index (χ0n) is 16.8. The van der Waals surface area contributed by atoms with Gasteiger partial charge in [-0.25, -0.2) is 0 Å². The largest absolute Gasteiger partial charge is 0.342 e. The van der Waals surface area contributed by atoms with E-state index >= 15 is 0 Å². The minimum absolute atomic E-state index is 0.0984. The molecule has 5 nitrogen and oxygen atoms in total. The van der Waals surface area contributed by atoms with Crippen LogP contribution in [0.3, 0.4) is 0 Å². The number of aromatic nitrogens is 3. The van der Waals surface area contributed by atoms with Crippen molar-refractivity contribution < 1.29 is 4.79 Å². The number of benzene rings is 2. The molecule has 0 aliphatic carbocycles.